The molecule has 7 aromatic carbocycles. The largest absolute Gasteiger partial charge is 0.293 e. The van der Waals surface area contributed by atoms with Gasteiger partial charge < -0.3 is 0 Å². The van der Waals surface area contributed by atoms with Gasteiger partial charge in [-0.05, 0) is 68.6 Å². The van der Waals surface area contributed by atoms with E-state index in [1.807, 2.05) is 0 Å². The molecule has 45 heavy (non-hydrogen) atoms. The Morgan fingerprint density at radius 2 is 1.22 bits per heavy atom. The van der Waals surface area contributed by atoms with Gasteiger partial charge in [0.05, 0.1) is 22.1 Å². The molecule has 9 aromatic rings. The molecule has 11 rings (SSSR count). The maximum absolute atomic E-state index is 5.53. The van der Waals surface area contributed by atoms with Crippen molar-refractivity contribution >= 4 is 54.1 Å². The molecular formula is C42H25N3. The Balaban J connectivity index is 1.30. The Bertz CT molecular complexity index is 2790. The minimum absolute atomic E-state index is 0.358. The Hall–Kier alpha value is -5.80. The van der Waals surface area contributed by atoms with Crippen molar-refractivity contribution < 1.29 is 0 Å². The van der Waals surface area contributed by atoms with Crippen molar-refractivity contribution in [2.75, 3.05) is 0 Å². The number of rotatable bonds is 1. The van der Waals surface area contributed by atoms with E-state index >= 15 is 0 Å². The van der Waals surface area contributed by atoms with E-state index in [1.54, 1.807) is 0 Å². The quantitative estimate of drug-likeness (QED) is 0.184. The molecule has 0 saturated heterocycles. The molecule has 1 atom stereocenters. The van der Waals surface area contributed by atoms with Gasteiger partial charge in [-0.2, -0.15) is 0 Å². The van der Waals surface area contributed by atoms with Crippen LogP contribution in [-0.2, 0) is 5.41 Å². The molecule has 1 aliphatic carbocycles. The van der Waals surface area contributed by atoms with E-state index < -0.39 is 0 Å². The van der Waals surface area contributed by atoms with Gasteiger partial charge in [0.15, 0.2) is 5.82 Å². The molecule has 2 aromatic heterocycles. The molecule has 3 heteroatoms. The third kappa shape index (κ3) is 2.82. The predicted molar refractivity (Wildman–Crippen MR) is 185 cm³/mol. The van der Waals surface area contributed by atoms with Crippen molar-refractivity contribution in [1.29, 1.82) is 0 Å². The summed E-state index contributed by atoms with van der Waals surface area (Å²) in [5, 5.41) is 9.93. The molecule has 3 heterocycles. The molecule has 208 valence electrons. The van der Waals surface area contributed by atoms with Crippen LogP contribution in [0.2, 0.25) is 0 Å². The van der Waals surface area contributed by atoms with Gasteiger partial charge in [0, 0.05) is 27.5 Å². The van der Waals surface area contributed by atoms with Crippen LogP contribution in [-0.4, -0.2) is 14.5 Å². The number of benzene rings is 7. The van der Waals surface area contributed by atoms with Crippen molar-refractivity contribution in [3.05, 3.63) is 150 Å². The van der Waals surface area contributed by atoms with Crippen molar-refractivity contribution in [3.63, 3.8) is 0 Å². The molecule has 3 nitrogen and oxygen atoms in total. The molecular weight excluding hydrogens is 546 g/mol. The molecule has 2 aliphatic rings. The van der Waals surface area contributed by atoms with Gasteiger partial charge in [0.1, 0.15) is 5.82 Å². The fourth-order valence-corrected chi connectivity index (χ4v) is 8.45. The van der Waals surface area contributed by atoms with Crippen molar-refractivity contribution in [2.24, 2.45) is 0 Å². The van der Waals surface area contributed by atoms with Crippen LogP contribution in [0.5, 0.6) is 0 Å². The number of nitrogens with zero attached hydrogens (tertiary/aromatic N) is 3. The lowest BCUT2D eigenvalue weighted by atomic mass is 9.72. The first kappa shape index (κ1) is 23.6. The maximum Gasteiger partial charge on any atom is 0.162 e. The normalized spacial score (nSPS) is 16.2. The Morgan fingerprint density at radius 1 is 0.533 bits per heavy atom. The van der Waals surface area contributed by atoms with Crippen LogP contribution in [0.4, 0.5) is 0 Å². The van der Waals surface area contributed by atoms with E-state index in [9.17, 15) is 0 Å². The van der Waals surface area contributed by atoms with Crippen LogP contribution in [0.25, 0.3) is 82.6 Å². The zero-order valence-electron chi connectivity index (χ0n) is 24.5. The minimum atomic E-state index is -0.358. The van der Waals surface area contributed by atoms with Crippen LogP contribution in [0.3, 0.4) is 0 Å². The lowest BCUT2D eigenvalue weighted by Gasteiger charge is -2.34. The summed E-state index contributed by atoms with van der Waals surface area (Å²) >= 11 is 0. The summed E-state index contributed by atoms with van der Waals surface area (Å²) < 4.78 is 2.43. The number of fused-ring (bicyclic) bond motifs is 12. The Labute approximate surface area is 259 Å². The smallest absolute Gasteiger partial charge is 0.162 e. The van der Waals surface area contributed by atoms with Gasteiger partial charge in [-0.15, -0.1) is 0 Å². The summed E-state index contributed by atoms with van der Waals surface area (Å²) in [7, 11) is 0. The van der Waals surface area contributed by atoms with Gasteiger partial charge in [-0.1, -0.05) is 115 Å². The molecule has 1 aliphatic heterocycles. The van der Waals surface area contributed by atoms with Crippen LogP contribution < -0.4 is 0 Å². The van der Waals surface area contributed by atoms with Gasteiger partial charge >= 0.3 is 0 Å². The topological polar surface area (TPSA) is 30.7 Å². The third-order valence-corrected chi connectivity index (χ3v) is 10.5. The lowest BCUT2D eigenvalue weighted by molar-refractivity contribution is 0.689. The standard InChI is InChI=1S/C42H25N3/c1-42-34-15-7-6-13-31(34)38-37(42)41(44-40(43-38)28-20-19-25-18-17-24-9-4-5-12-29(24)32(25)22-28)45-36-23-27-11-3-2-10-26(27)21-33(36)30-14-8-16-35(42)39(30)45/h2-23H,1H3. The van der Waals surface area contributed by atoms with Gasteiger partial charge in [0.2, 0.25) is 0 Å². The molecule has 0 saturated carbocycles. The van der Waals surface area contributed by atoms with Crippen molar-refractivity contribution in [2.45, 2.75) is 12.3 Å². The van der Waals surface area contributed by atoms with Gasteiger partial charge in [0.25, 0.3) is 0 Å². The highest BCUT2D eigenvalue weighted by Crippen LogP contribution is 2.58. The highest BCUT2D eigenvalue weighted by molar-refractivity contribution is 6.16. The summed E-state index contributed by atoms with van der Waals surface area (Å²) in [4.78, 5) is 10.9. The van der Waals surface area contributed by atoms with Crippen molar-refractivity contribution in [3.8, 4) is 28.5 Å². The first-order chi connectivity index (χ1) is 22.2. The molecule has 0 fully saturated rings. The predicted octanol–water partition coefficient (Wildman–Crippen LogP) is 10.3. The number of hydrogen-bond donors (Lipinski definition) is 0. The Morgan fingerprint density at radius 3 is 2.11 bits per heavy atom. The minimum Gasteiger partial charge on any atom is -0.293 e. The SMILES string of the molecule is CC12c3ccccc3-c3nc(-c4ccc5ccc6ccccc6c5c4)nc(c31)-n1c3cc4ccccc4cc3c3cccc2c31. The molecule has 0 amide bonds. The Kier molecular flexibility index (Phi) is 4.21. The van der Waals surface area contributed by atoms with Gasteiger partial charge in [-0.25, -0.2) is 9.97 Å². The van der Waals surface area contributed by atoms with E-state index in [1.165, 1.54) is 76.4 Å². The average molecular weight is 572 g/mol. The molecule has 0 bridgehead atoms. The van der Waals surface area contributed by atoms with E-state index in [2.05, 4.69) is 145 Å². The molecule has 1 unspecified atom stereocenters. The number of hydrogen-bond acceptors (Lipinski definition) is 2. The fraction of sp³-hybridized carbons (Fsp3) is 0.0476. The van der Waals surface area contributed by atoms with Crippen LogP contribution >= 0.6 is 0 Å². The lowest BCUT2D eigenvalue weighted by Crippen LogP contribution is -2.29. The summed E-state index contributed by atoms with van der Waals surface area (Å²) in [5.41, 5.74) is 9.15. The van der Waals surface area contributed by atoms with E-state index in [4.69, 9.17) is 9.97 Å². The summed E-state index contributed by atoms with van der Waals surface area (Å²) in [6.45, 7) is 2.37. The number of para-hydroxylation sites is 1. The average Bonchev–Trinajstić information content (AvgIpc) is 3.56. The van der Waals surface area contributed by atoms with E-state index in [0.717, 1.165) is 22.9 Å². The second kappa shape index (κ2) is 8.02. The second-order valence-electron chi connectivity index (χ2n) is 12.7. The fourth-order valence-electron chi connectivity index (χ4n) is 8.45. The molecule has 0 radical (unpaired) electrons. The summed E-state index contributed by atoms with van der Waals surface area (Å²) in [5.74, 6) is 1.74. The molecule has 0 N–H and O–H groups in total. The van der Waals surface area contributed by atoms with E-state index in [-0.39, 0.29) is 5.41 Å². The monoisotopic (exact) mass is 571 g/mol. The first-order valence-electron chi connectivity index (χ1n) is 15.6. The highest BCUT2D eigenvalue weighted by atomic mass is 15.1. The third-order valence-electron chi connectivity index (χ3n) is 10.5. The van der Waals surface area contributed by atoms with Gasteiger partial charge in [-0.3, -0.25) is 4.57 Å². The first-order valence-corrected chi connectivity index (χ1v) is 15.6. The number of aromatic nitrogens is 3. The zero-order chi connectivity index (χ0) is 29.4. The van der Waals surface area contributed by atoms with E-state index in [0.29, 0.717) is 0 Å². The van der Waals surface area contributed by atoms with Crippen LogP contribution in [0, 0.1) is 0 Å². The highest BCUT2D eigenvalue weighted by Gasteiger charge is 2.49. The molecule has 0 spiro atoms. The second-order valence-corrected chi connectivity index (χ2v) is 12.7. The van der Waals surface area contributed by atoms with Crippen LogP contribution in [0.15, 0.2) is 133 Å². The summed E-state index contributed by atoms with van der Waals surface area (Å²) in [6.07, 6.45) is 0. The van der Waals surface area contributed by atoms with Crippen LogP contribution in [0.1, 0.15) is 23.6 Å². The maximum atomic E-state index is 5.53. The van der Waals surface area contributed by atoms with Crippen molar-refractivity contribution in [1.82, 2.24) is 14.5 Å². The zero-order valence-corrected chi connectivity index (χ0v) is 24.5. The summed E-state index contributed by atoms with van der Waals surface area (Å²) in [6, 6.07) is 48.7.